The smallest absolute Gasteiger partial charge is 0.408 e. The van der Waals surface area contributed by atoms with E-state index in [1.807, 2.05) is 76.2 Å². The molecule has 0 saturated carbocycles. The molecular formula is C37H53N3O6. The number of carbonyl (C=O) groups is 4. The first kappa shape index (κ1) is 38.0. The van der Waals surface area contributed by atoms with Gasteiger partial charge >= 0.3 is 12.1 Å². The number of nitrogens with one attached hydrogen (secondary N) is 2. The topological polar surface area (TPSA) is 114 Å². The maximum atomic E-state index is 14.5. The second-order valence-corrected chi connectivity index (χ2v) is 13.9. The zero-order chi connectivity index (χ0) is 34.8. The number of benzene rings is 2. The van der Waals surface area contributed by atoms with Gasteiger partial charge in [0.25, 0.3) is 0 Å². The molecule has 46 heavy (non-hydrogen) atoms. The van der Waals surface area contributed by atoms with E-state index in [-0.39, 0.29) is 18.9 Å². The third kappa shape index (κ3) is 12.0. The molecule has 2 aromatic carbocycles. The van der Waals surface area contributed by atoms with Gasteiger partial charge in [-0.3, -0.25) is 9.59 Å². The van der Waals surface area contributed by atoms with E-state index in [0.717, 1.165) is 16.7 Å². The Bertz CT molecular complexity index is 1340. The summed E-state index contributed by atoms with van der Waals surface area (Å²) in [6.45, 7) is 22.0. The number of nitrogens with zero attached hydrogens (tertiary/aromatic N) is 1. The number of amides is 3. The van der Waals surface area contributed by atoms with Crippen LogP contribution in [0.15, 0.2) is 61.2 Å². The molecular weight excluding hydrogens is 582 g/mol. The van der Waals surface area contributed by atoms with E-state index in [9.17, 15) is 19.2 Å². The highest BCUT2D eigenvalue weighted by Crippen LogP contribution is 2.27. The summed E-state index contributed by atoms with van der Waals surface area (Å²) in [7, 11) is 0. The molecule has 0 aliphatic rings. The lowest BCUT2D eigenvalue weighted by molar-refractivity contribution is -0.159. The fourth-order valence-corrected chi connectivity index (χ4v) is 5.07. The number of rotatable bonds is 13. The van der Waals surface area contributed by atoms with Crippen molar-refractivity contribution in [3.05, 3.63) is 83.4 Å². The van der Waals surface area contributed by atoms with Gasteiger partial charge in [-0.25, -0.2) is 9.59 Å². The largest absolute Gasteiger partial charge is 0.458 e. The van der Waals surface area contributed by atoms with Crippen LogP contribution in [0.5, 0.6) is 0 Å². The molecule has 9 nitrogen and oxygen atoms in total. The van der Waals surface area contributed by atoms with E-state index in [0.29, 0.717) is 12.0 Å². The van der Waals surface area contributed by atoms with Crippen molar-refractivity contribution in [3.8, 4) is 0 Å². The van der Waals surface area contributed by atoms with Crippen LogP contribution in [-0.4, -0.2) is 58.6 Å². The second kappa shape index (κ2) is 16.4. The van der Waals surface area contributed by atoms with Gasteiger partial charge in [0.05, 0.1) is 0 Å². The van der Waals surface area contributed by atoms with Crippen molar-refractivity contribution < 1.29 is 28.7 Å². The second-order valence-electron chi connectivity index (χ2n) is 13.9. The highest BCUT2D eigenvalue weighted by molar-refractivity contribution is 5.94. The summed E-state index contributed by atoms with van der Waals surface area (Å²) in [5, 5.41) is 5.68. The fourth-order valence-electron chi connectivity index (χ4n) is 5.07. The summed E-state index contributed by atoms with van der Waals surface area (Å²) in [4.78, 5) is 56.7. The average Bonchev–Trinajstić information content (AvgIpc) is 2.92. The molecule has 0 saturated heterocycles. The predicted octanol–water partition coefficient (Wildman–Crippen LogP) is 6.37. The first-order valence-corrected chi connectivity index (χ1v) is 15.9. The molecule has 9 heteroatoms. The molecule has 252 valence electrons. The fraction of sp³-hybridized carbons (Fsp3) is 0.514. The average molecular weight is 636 g/mol. The van der Waals surface area contributed by atoms with Gasteiger partial charge in [0.1, 0.15) is 29.3 Å². The molecule has 0 aliphatic heterocycles. The minimum atomic E-state index is -1.16. The Hall–Kier alpha value is -4.14. The Morgan fingerprint density at radius 3 is 1.96 bits per heavy atom. The van der Waals surface area contributed by atoms with Crippen LogP contribution in [0.25, 0.3) is 0 Å². The number of hydrogen-bond acceptors (Lipinski definition) is 6. The van der Waals surface area contributed by atoms with E-state index in [1.165, 1.54) is 11.0 Å². The molecule has 3 amide bonds. The summed E-state index contributed by atoms with van der Waals surface area (Å²) in [5.41, 5.74) is 1.64. The zero-order valence-electron chi connectivity index (χ0n) is 29.2. The van der Waals surface area contributed by atoms with E-state index in [2.05, 4.69) is 17.2 Å². The first-order chi connectivity index (χ1) is 21.3. The standard InChI is InChI=1S/C37H53N3O6/c1-12-19-40(33(42)30(26(5)13-2)39-35(44)46-37(9,10)11)31(28-21-24(3)20-25(4)22-28)32(41)38-29(34(43)45-36(6,7)8)23-27-17-15-14-16-18-27/h12,14-18,20-22,26,29-31H,1,13,19,23H2,2-11H3,(H,38,41)(H,39,44). The van der Waals surface area contributed by atoms with E-state index >= 15 is 0 Å². The lowest BCUT2D eigenvalue weighted by atomic mass is 9.94. The molecule has 0 aromatic heterocycles. The summed E-state index contributed by atoms with van der Waals surface area (Å²) < 4.78 is 11.2. The summed E-state index contributed by atoms with van der Waals surface area (Å²) in [5.74, 6) is -1.92. The van der Waals surface area contributed by atoms with Crippen LogP contribution in [-0.2, 0) is 30.3 Å². The molecule has 4 atom stereocenters. The zero-order valence-corrected chi connectivity index (χ0v) is 29.2. The van der Waals surface area contributed by atoms with Gasteiger partial charge < -0.3 is 25.0 Å². The normalized spacial score (nSPS) is 14.2. The summed E-state index contributed by atoms with van der Waals surface area (Å²) >= 11 is 0. The van der Waals surface area contributed by atoms with Gasteiger partial charge in [-0.2, -0.15) is 0 Å². The lowest BCUT2D eigenvalue weighted by Crippen LogP contribution is -2.56. The van der Waals surface area contributed by atoms with E-state index < -0.39 is 53.2 Å². The van der Waals surface area contributed by atoms with Crippen molar-refractivity contribution in [2.75, 3.05) is 6.54 Å². The van der Waals surface area contributed by atoms with Gasteiger partial charge in [-0.1, -0.05) is 86.0 Å². The van der Waals surface area contributed by atoms with Crippen molar-refractivity contribution in [1.82, 2.24) is 15.5 Å². The van der Waals surface area contributed by atoms with Crippen molar-refractivity contribution in [1.29, 1.82) is 0 Å². The van der Waals surface area contributed by atoms with Gasteiger partial charge in [0, 0.05) is 13.0 Å². The minimum Gasteiger partial charge on any atom is -0.458 e. The Labute approximate surface area is 275 Å². The Kier molecular flexibility index (Phi) is 13.6. The van der Waals surface area contributed by atoms with Crippen molar-refractivity contribution in [3.63, 3.8) is 0 Å². The van der Waals surface area contributed by atoms with Crippen LogP contribution in [0, 0.1) is 19.8 Å². The van der Waals surface area contributed by atoms with Gasteiger partial charge in [0.15, 0.2) is 0 Å². The third-order valence-corrected chi connectivity index (χ3v) is 7.17. The van der Waals surface area contributed by atoms with Crippen LogP contribution >= 0.6 is 0 Å². The number of esters is 1. The minimum absolute atomic E-state index is 0.00261. The van der Waals surface area contributed by atoms with Crippen molar-refractivity contribution in [2.45, 2.75) is 111 Å². The molecule has 2 rings (SSSR count). The Morgan fingerprint density at radius 1 is 0.891 bits per heavy atom. The third-order valence-electron chi connectivity index (χ3n) is 7.17. The number of ether oxygens (including phenoxy) is 2. The highest BCUT2D eigenvalue weighted by atomic mass is 16.6. The van der Waals surface area contributed by atoms with Crippen LogP contribution in [0.2, 0.25) is 0 Å². The van der Waals surface area contributed by atoms with Crippen LogP contribution in [0.3, 0.4) is 0 Å². The molecule has 2 aromatic rings. The lowest BCUT2D eigenvalue weighted by Gasteiger charge is -2.36. The van der Waals surface area contributed by atoms with Crippen LogP contribution in [0.1, 0.15) is 90.1 Å². The maximum absolute atomic E-state index is 14.5. The van der Waals surface area contributed by atoms with Gasteiger partial charge in [0.2, 0.25) is 11.8 Å². The van der Waals surface area contributed by atoms with Gasteiger partial charge in [-0.15, -0.1) is 6.58 Å². The number of aryl methyl sites for hydroxylation is 2. The molecule has 0 aliphatic carbocycles. The Balaban J connectivity index is 2.65. The van der Waals surface area contributed by atoms with Crippen molar-refractivity contribution >= 4 is 23.9 Å². The number of hydrogen-bond donors (Lipinski definition) is 2. The highest BCUT2D eigenvalue weighted by Gasteiger charge is 2.39. The molecule has 0 spiro atoms. The SMILES string of the molecule is C=CCN(C(=O)C(NC(=O)OC(C)(C)C)C(C)CC)C(C(=O)NC(Cc1ccccc1)C(=O)OC(C)(C)C)c1cc(C)cc(C)c1. The molecule has 0 radical (unpaired) electrons. The summed E-state index contributed by atoms with van der Waals surface area (Å²) in [6.07, 6.45) is 1.57. The molecule has 0 fully saturated rings. The Morgan fingerprint density at radius 2 is 1.46 bits per heavy atom. The maximum Gasteiger partial charge on any atom is 0.408 e. The quantitative estimate of drug-likeness (QED) is 0.195. The molecule has 0 heterocycles. The molecule has 0 bridgehead atoms. The van der Waals surface area contributed by atoms with E-state index in [1.54, 1.807) is 41.5 Å². The monoisotopic (exact) mass is 635 g/mol. The molecule has 2 N–H and O–H groups in total. The number of carbonyl (C=O) groups excluding carboxylic acids is 4. The number of alkyl carbamates (subject to hydrolysis) is 1. The molecule has 4 unspecified atom stereocenters. The predicted molar refractivity (Wildman–Crippen MR) is 181 cm³/mol. The van der Waals surface area contributed by atoms with Crippen molar-refractivity contribution in [2.24, 2.45) is 5.92 Å². The van der Waals surface area contributed by atoms with Gasteiger partial charge in [-0.05, 0) is 72.4 Å². The first-order valence-electron chi connectivity index (χ1n) is 15.9. The van der Waals surface area contributed by atoms with Crippen LogP contribution < -0.4 is 10.6 Å². The van der Waals surface area contributed by atoms with E-state index in [4.69, 9.17) is 9.47 Å². The summed E-state index contributed by atoms with van der Waals surface area (Å²) in [6, 6.07) is 11.8. The van der Waals surface area contributed by atoms with Crippen LogP contribution in [0.4, 0.5) is 4.79 Å².